The first-order valence-electron chi connectivity index (χ1n) is 7.71. The fourth-order valence-electron chi connectivity index (χ4n) is 2.95. The third-order valence-corrected chi connectivity index (χ3v) is 4.25. The summed E-state index contributed by atoms with van der Waals surface area (Å²) in [5.41, 5.74) is 6.16. The first kappa shape index (κ1) is 17.8. The Kier molecular flexibility index (Phi) is 6.50. The lowest BCUT2D eigenvalue weighted by molar-refractivity contribution is -0.119. The molecule has 0 saturated carbocycles. The Morgan fingerprint density at radius 3 is 2.96 bits per heavy atom. The minimum atomic E-state index is -0.556. The van der Waals surface area contributed by atoms with Gasteiger partial charge in [0.2, 0.25) is 0 Å². The fourth-order valence-corrected chi connectivity index (χ4v) is 3.24. The molecule has 1 unspecified atom stereocenters. The number of hydrogen-bond acceptors (Lipinski definition) is 5. The van der Waals surface area contributed by atoms with Gasteiger partial charge >= 0.3 is 0 Å². The average Bonchev–Trinajstić information content (AvgIpc) is 2.93. The molecule has 1 atom stereocenters. The normalized spacial score (nSPS) is 18.1. The summed E-state index contributed by atoms with van der Waals surface area (Å²) in [7, 11) is 3.52. The summed E-state index contributed by atoms with van der Waals surface area (Å²) in [6.45, 7) is 2.63. The van der Waals surface area contributed by atoms with E-state index >= 15 is 0 Å². The number of nitrogens with two attached hydrogens (primary N) is 1. The molecular weight excluding hydrogens is 318 g/mol. The number of nitrogens with one attached hydrogen (secondary N) is 1. The van der Waals surface area contributed by atoms with Gasteiger partial charge in [0, 0.05) is 19.1 Å². The molecule has 0 radical (unpaired) electrons. The van der Waals surface area contributed by atoms with E-state index in [1.54, 1.807) is 7.11 Å². The van der Waals surface area contributed by atoms with E-state index in [1.807, 2.05) is 19.2 Å². The Bertz CT molecular complexity index is 554. The lowest BCUT2D eigenvalue weighted by Gasteiger charge is -2.25. The molecule has 128 valence electrons. The second-order valence-electron chi connectivity index (χ2n) is 5.69. The van der Waals surface area contributed by atoms with Crippen LogP contribution < -0.4 is 20.5 Å². The Labute approximate surface area is 141 Å². The number of ether oxygens (including phenoxy) is 2. The standard InChI is InChI=1S/C16H24ClN3O3/c1-19-8-12-4-3-5-20(12)9-11-6-13(17)16(14(7-11)22-2)23-10-15(18)21/h6-7,12,19H,3-5,8-10H2,1-2H3,(H2,18,21). The molecule has 1 saturated heterocycles. The maximum Gasteiger partial charge on any atom is 0.255 e. The van der Waals surface area contributed by atoms with Crippen LogP contribution >= 0.6 is 11.6 Å². The first-order valence-corrected chi connectivity index (χ1v) is 8.09. The van der Waals surface area contributed by atoms with E-state index in [0.29, 0.717) is 22.6 Å². The van der Waals surface area contributed by atoms with Crippen LogP contribution in [0.4, 0.5) is 0 Å². The third kappa shape index (κ3) is 4.73. The number of likely N-dealkylation sites (tertiary alicyclic amines) is 1. The molecule has 1 aliphatic rings. The topological polar surface area (TPSA) is 76.8 Å². The Morgan fingerprint density at radius 1 is 1.52 bits per heavy atom. The van der Waals surface area contributed by atoms with E-state index in [-0.39, 0.29) is 6.61 Å². The summed E-state index contributed by atoms with van der Waals surface area (Å²) in [5, 5.41) is 3.66. The van der Waals surface area contributed by atoms with E-state index < -0.39 is 5.91 Å². The minimum Gasteiger partial charge on any atom is -0.493 e. The van der Waals surface area contributed by atoms with Crippen LogP contribution in [-0.2, 0) is 11.3 Å². The molecular formula is C16H24ClN3O3. The van der Waals surface area contributed by atoms with Gasteiger partial charge in [-0.1, -0.05) is 11.6 Å². The number of primary amides is 1. The second-order valence-corrected chi connectivity index (χ2v) is 6.10. The molecule has 1 aliphatic heterocycles. The summed E-state index contributed by atoms with van der Waals surface area (Å²) < 4.78 is 10.7. The number of likely N-dealkylation sites (N-methyl/N-ethyl adjacent to an activating group) is 1. The molecule has 0 bridgehead atoms. The smallest absolute Gasteiger partial charge is 0.255 e. The Balaban J connectivity index is 2.14. The van der Waals surface area contributed by atoms with Crippen LogP contribution in [0.25, 0.3) is 0 Å². The van der Waals surface area contributed by atoms with Gasteiger partial charge in [-0.05, 0) is 44.1 Å². The molecule has 6 nitrogen and oxygen atoms in total. The quantitative estimate of drug-likeness (QED) is 0.747. The molecule has 7 heteroatoms. The van der Waals surface area contributed by atoms with E-state index in [0.717, 1.165) is 25.2 Å². The number of halogens is 1. The molecule has 1 heterocycles. The molecule has 1 aromatic carbocycles. The number of carbonyl (C=O) groups is 1. The van der Waals surface area contributed by atoms with E-state index in [1.165, 1.54) is 12.8 Å². The van der Waals surface area contributed by atoms with Crippen molar-refractivity contribution < 1.29 is 14.3 Å². The highest BCUT2D eigenvalue weighted by molar-refractivity contribution is 6.32. The van der Waals surface area contributed by atoms with Crippen molar-refractivity contribution in [2.24, 2.45) is 5.73 Å². The maximum atomic E-state index is 10.9. The van der Waals surface area contributed by atoms with Crippen molar-refractivity contribution in [1.29, 1.82) is 0 Å². The molecule has 0 aromatic heterocycles. The van der Waals surface area contributed by atoms with Gasteiger partial charge in [0.25, 0.3) is 5.91 Å². The minimum absolute atomic E-state index is 0.230. The third-order valence-electron chi connectivity index (χ3n) is 3.97. The van der Waals surface area contributed by atoms with Crippen LogP contribution in [0.3, 0.4) is 0 Å². The highest BCUT2D eigenvalue weighted by Gasteiger charge is 2.24. The van der Waals surface area contributed by atoms with Crippen molar-refractivity contribution in [3.63, 3.8) is 0 Å². The second kappa shape index (κ2) is 8.38. The lowest BCUT2D eigenvalue weighted by atomic mass is 10.1. The van der Waals surface area contributed by atoms with Gasteiger partial charge in [-0.2, -0.15) is 0 Å². The van der Waals surface area contributed by atoms with Crippen LogP contribution in [-0.4, -0.2) is 50.7 Å². The van der Waals surface area contributed by atoms with Crippen molar-refractivity contribution in [3.8, 4) is 11.5 Å². The fraction of sp³-hybridized carbons (Fsp3) is 0.562. The number of carbonyl (C=O) groups excluding carboxylic acids is 1. The van der Waals surface area contributed by atoms with Crippen LogP contribution in [0.15, 0.2) is 12.1 Å². The molecule has 1 fully saturated rings. The van der Waals surface area contributed by atoms with Crippen LogP contribution in [0.5, 0.6) is 11.5 Å². The lowest BCUT2D eigenvalue weighted by Crippen LogP contribution is -2.36. The molecule has 1 amide bonds. The van der Waals surface area contributed by atoms with Crippen molar-refractivity contribution in [2.45, 2.75) is 25.4 Å². The molecule has 0 aliphatic carbocycles. The summed E-state index contributed by atoms with van der Waals surface area (Å²) in [5.74, 6) is 0.308. The summed E-state index contributed by atoms with van der Waals surface area (Å²) in [6.07, 6.45) is 2.41. The Hall–Kier alpha value is -1.50. The SMILES string of the molecule is CNCC1CCCN1Cc1cc(Cl)c(OCC(N)=O)c(OC)c1. The molecule has 0 spiro atoms. The van der Waals surface area contributed by atoms with E-state index in [2.05, 4.69) is 10.2 Å². The van der Waals surface area contributed by atoms with Gasteiger partial charge < -0.3 is 20.5 Å². The molecule has 3 N–H and O–H groups in total. The number of amides is 1. The summed E-state index contributed by atoms with van der Waals surface area (Å²) in [6, 6.07) is 4.29. The molecule has 1 aromatic rings. The van der Waals surface area contributed by atoms with Gasteiger partial charge in [0.05, 0.1) is 12.1 Å². The van der Waals surface area contributed by atoms with Crippen molar-refractivity contribution in [3.05, 3.63) is 22.7 Å². The molecule has 23 heavy (non-hydrogen) atoms. The van der Waals surface area contributed by atoms with Gasteiger partial charge in [-0.25, -0.2) is 0 Å². The van der Waals surface area contributed by atoms with Crippen molar-refractivity contribution in [1.82, 2.24) is 10.2 Å². The zero-order valence-electron chi connectivity index (χ0n) is 13.6. The highest BCUT2D eigenvalue weighted by Crippen LogP contribution is 2.37. The van der Waals surface area contributed by atoms with Gasteiger partial charge in [0.1, 0.15) is 0 Å². The van der Waals surface area contributed by atoms with E-state index in [4.69, 9.17) is 26.8 Å². The largest absolute Gasteiger partial charge is 0.493 e. The monoisotopic (exact) mass is 341 g/mol. The van der Waals surface area contributed by atoms with Gasteiger partial charge in [0.15, 0.2) is 18.1 Å². The highest BCUT2D eigenvalue weighted by atomic mass is 35.5. The van der Waals surface area contributed by atoms with E-state index in [9.17, 15) is 4.79 Å². The van der Waals surface area contributed by atoms with Crippen LogP contribution in [0.2, 0.25) is 5.02 Å². The maximum absolute atomic E-state index is 10.9. The van der Waals surface area contributed by atoms with Gasteiger partial charge in [-0.3, -0.25) is 9.69 Å². The molecule has 2 rings (SSSR count). The number of nitrogens with zero attached hydrogens (tertiary/aromatic N) is 1. The van der Waals surface area contributed by atoms with Gasteiger partial charge in [-0.15, -0.1) is 0 Å². The first-order chi connectivity index (χ1) is 11.0. The van der Waals surface area contributed by atoms with Crippen molar-refractivity contribution in [2.75, 3.05) is 33.9 Å². The van der Waals surface area contributed by atoms with Crippen molar-refractivity contribution >= 4 is 17.5 Å². The predicted octanol–water partition coefficient (Wildman–Crippen LogP) is 1.40. The number of rotatable bonds is 8. The van der Waals surface area contributed by atoms with Crippen LogP contribution in [0, 0.1) is 0 Å². The van der Waals surface area contributed by atoms with Crippen LogP contribution in [0.1, 0.15) is 18.4 Å². The predicted molar refractivity (Wildman–Crippen MR) is 90.1 cm³/mol. The number of benzene rings is 1. The zero-order chi connectivity index (χ0) is 16.8. The average molecular weight is 342 g/mol. The Morgan fingerprint density at radius 2 is 2.30 bits per heavy atom. The summed E-state index contributed by atoms with van der Waals surface area (Å²) >= 11 is 6.29. The number of methoxy groups -OCH3 is 1. The zero-order valence-corrected chi connectivity index (χ0v) is 14.4. The number of hydrogen-bond donors (Lipinski definition) is 2. The summed E-state index contributed by atoms with van der Waals surface area (Å²) in [4.78, 5) is 13.3.